The number of aromatic amines is 1. The van der Waals surface area contributed by atoms with E-state index in [0.29, 0.717) is 29.4 Å². The van der Waals surface area contributed by atoms with Gasteiger partial charge in [0.05, 0.1) is 11.6 Å². The first-order chi connectivity index (χ1) is 15.8. The molecule has 4 aromatic rings. The molecule has 1 aliphatic carbocycles. The highest BCUT2D eigenvalue weighted by Gasteiger charge is 2.31. The van der Waals surface area contributed by atoms with Gasteiger partial charge in [-0.15, -0.1) is 10.2 Å². The molecule has 0 bridgehead atoms. The Balaban J connectivity index is 1.62. The highest BCUT2D eigenvalue weighted by Crippen LogP contribution is 2.32. The molecular formula is C22H21F3N6O2. The lowest BCUT2D eigenvalue weighted by Crippen LogP contribution is -2.16. The summed E-state index contributed by atoms with van der Waals surface area (Å²) in [7, 11) is 0. The van der Waals surface area contributed by atoms with Gasteiger partial charge in [0.1, 0.15) is 11.2 Å². The van der Waals surface area contributed by atoms with Crippen LogP contribution in [0.4, 0.5) is 13.2 Å². The van der Waals surface area contributed by atoms with Crippen LogP contribution in [-0.4, -0.2) is 29.9 Å². The number of hydrogen-bond acceptors (Lipinski definition) is 6. The smallest absolute Gasteiger partial charge is 0.416 e. The van der Waals surface area contributed by atoms with Crippen LogP contribution in [0.15, 0.2) is 39.9 Å². The Labute approximate surface area is 185 Å². The van der Waals surface area contributed by atoms with Gasteiger partial charge < -0.3 is 9.40 Å². The third-order valence-electron chi connectivity index (χ3n) is 6.22. The Kier molecular flexibility index (Phi) is 5.26. The third-order valence-corrected chi connectivity index (χ3v) is 6.22. The van der Waals surface area contributed by atoms with Crippen molar-refractivity contribution in [3.8, 4) is 11.6 Å². The summed E-state index contributed by atoms with van der Waals surface area (Å²) in [4.78, 5) is 20.6. The number of halogens is 3. The second-order valence-electron chi connectivity index (χ2n) is 8.40. The van der Waals surface area contributed by atoms with Gasteiger partial charge in [0.25, 0.3) is 11.4 Å². The molecule has 0 spiro atoms. The molecular weight excluding hydrogens is 437 g/mol. The van der Waals surface area contributed by atoms with Crippen LogP contribution in [0.5, 0.6) is 0 Å². The monoisotopic (exact) mass is 458 g/mol. The maximum absolute atomic E-state index is 13.1. The van der Waals surface area contributed by atoms with E-state index in [0.717, 1.165) is 31.4 Å². The summed E-state index contributed by atoms with van der Waals surface area (Å²) in [5.41, 5.74) is -0.00511. The summed E-state index contributed by atoms with van der Waals surface area (Å²) in [5, 5.41) is 12.3. The number of H-pyrrole nitrogens is 1. The van der Waals surface area contributed by atoms with Crippen molar-refractivity contribution in [3.05, 3.63) is 58.0 Å². The Bertz CT molecular complexity index is 1320. The molecule has 1 saturated carbocycles. The standard InChI is InChI=1S/C22H21F3N6O2/c1-12(14-6-8-15(9-7-14)22(23,24)25)31-19-17(18(30-31)21-29-26-11-33-21)20(32)28-16(27-19)10-13-4-2-3-5-13/h6-9,11-13H,2-5,10H2,1H3,(H,27,28,32). The van der Waals surface area contributed by atoms with E-state index in [9.17, 15) is 18.0 Å². The Morgan fingerprint density at radius 1 is 1.21 bits per heavy atom. The van der Waals surface area contributed by atoms with E-state index in [4.69, 9.17) is 9.40 Å². The Hall–Kier alpha value is -3.50. The van der Waals surface area contributed by atoms with Gasteiger partial charge in [0, 0.05) is 6.42 Å². The third kappa shape index (κ3) is 4.03. The van der Waals surface area contributed by atoms with E-state index >= 15 is 0 Å². The normalized spacial score (nSPS) is 16.0. The summed E-state index contributed by atoms with van der Waals surface area (Å²) in [6.07, 6.45) is 1.89. The summed E-state index contributed by atoms with van der Waals surface area (Å²) < 4.78 is 45.7. The molecule has 0 saturated heterocycles. The van der Waals surface area contributed by atoms with E-state index in [1.165, 1.54) is 29.7 Å². The van der Waals surface area contributed by atoms with Gasteiger partial charge in [0.2, 0.25) is 6.39 Å². The minimum atomic E-state index is -4.42. The molecule has 1 fully saturated rings. The van der Waals surface area contributed by atoms with Crippen LogP contribution in [0.3, 0.4) is 0 Å². The number of alkyl halides is 3. The first kappa shape index (κ1) is 21.4. The molecule has 1 aliphatic rings. The number of aromatic nitrogens is 6. The van der Waals surface area contributed by atoms with Crippen LogP contribution in [0.2, 0.25) is 0 Å². The predicted octanol–water partition coefficient (Wildman–Crippen LogP) is 4.53. The molecule has 5 rings (SSSR count). The first-order valence-corrected chi connectivity index (χ1v) is 10.8. The van der Waals surface area contributed by atoms with Crippen molar-refractivity contribution >= 4 is 11.0 Å². The predicted molar refractivity (Wildman–Crippen MR) is 112 cm³/mol. The van der Waals surface area contributed by atoms with Gasteiger partial charge in [0.15, 0.2) is 11.3 Å². The van der Waals surface area contributed by atoms with Gasteiger partial charge >= 0.3 is 6.18 Å². The van der Waals surface area contributed by atoms with Gasteiger partial charge in [-0.3, -0.25) is 4.79 Å². The quantitative estimate of drug-likeness (QED) is 0.471. The summed E-state index contributed by atoms with van der Waals surface area (Å²) in [6, 6.07) is 4.37. The summed E-state index contributed by atoms with van der Waals surface area (Å²) in [5.74, 6) is 1.09. The molecule has 1 N–H and O–H groups in total. The molecule has 1 atom stereocenters. The minimum Gasteiger partial charge on any atom is -0.422 e. The minimum absolute atomic E-state index is 0.0641. The van der Waals surface area contributed by atoms with E-state index in [2.05, 4.69) is 20.3 Å². The van der Waals surface area contributed by atoms with Crippen molar-refractivity contribution in [3.63, 3.8) is 0 Å². The zero-order valence-electron chi connectivity index (χ0n) is 17.8. The van der Waals surface area contributed by atoms with Crippen molar-refractivity contribution in [1.29, 1.82) is 0 Å². The lowest BCUT2D eigenvalue weighted by atomic mass is 10.0. The van der Waals surface area contributed by atoms with Gasteiger partial charge in [-0.05, 0) is 30.5 Å². The SMILES string of the molecule is CC(c1ccc(C(F)(F)F)cc1)n1nc(-c2nnco2)c2c(=O)[nH]c(CC3CCCC3)nc21. The highest BCUT2D eigenvalue weighted by molar-refractivity contribution is 5.88. The molecule has 0 radical (unpaired) electrons. The average molecular weight is 458 g/mol. The fourth-order valence-corrected chi connectivity index (χ4v) is 4.46. The maximum atomic E-state index is 13.1. The number of nitrogens with one attached hydrogen (secondary N) is 1. The molecule has 0 aliphatic heterocycles. The molecule has 33 heavy (non-hydrogen) atoms. The molecule has 11 heteroatoms. The number of benzene rings is 1. The number of fused-ring (bicyclic) bond motifs is 1. The van der Waals surface area contributed by atoms with Crippen LogP contribution >= 0.6 is 0 Å². The molecule has 3 heterocycles. The zero-order valence-corrected chi connectivity index (χ0v) is 17.8. The van der Waals surface area contributed by atoms with E-state index in [1.54, 1.807) is 6.92 Å². The fraction of sp³-hybridized carbons (Fsp3) is 0.409. The van der Waals surface area contributed by atoms with Crippen LogP contribution < -0.4 is 5.56 Å². The van der Waals surface area contributed by atoms with E-state index < -0.39 is 17.8 Å². The summed E-state index contributed by atoms with van der Waals surface area (Å²) in [6.45, 7) is 1.78. The zero-order chi connectivity index (χ0) is 23.2. The second-order valence-corrected chi connectivity index (χ2v) is 8.40. The topological polar surface area (TPSA) is 102 Å². The van der Waals surface area contributed by atoms with Gasteiger partial charge in [-0.1, -0.05) is 37.8 Å². The average Bonchev–Trinajstić information content (AvgIpc) is 3.54. The van der Waals surface area contributed by atoms with Gasteiger partial charge in [-0.2, -0.15) is 18.3 Å². The lowest BCUT2D eigenvalue weighted by Gasteiger charge is -2.15. The second kappa shape index (κ2) is 8.13. The largest absolute Gasteiger partial charge is 0.422 e. The van der Waals surface area contributed by atoms with Gasteiger partial charge in [-0.25, -0.2) is 9.67 Å². The van der Waals surface area contributed by atoms with Crippen molar-refractivity contribution in [2.75, 3.05) is 0 Å². The number of rotatable bonds is 5. The highest BCUT2D eigenvalue weighted by atomic mass is 19.4. The molecule has 8 nitrogen and oxygen atoms in total. The first-order valence-electron chi connectivity index (χ1n) is 10.8. The van der Waals surface area contributed by atoms with Crippen LogP contribution in [0, 0.1) is 5.92 Å². The van der Waals surface area contributed by atoms with Crippen LogP contribution in [0.1, 0.15) is 55.6 Å². The molecule has 3 aromatic heterocycles. The van der Waals surface area contributed by atoms with Crippen molar-refractivity contribution in [1.82, 2.24) is 29.9 Å². The van der Waals surface area contributed by atoms with E-state index in [-0.39, 0.29) is 22.5 Å². The summed E-state index contributed by atoms with van der Waals surface area (Å²) >= 11 is 0. The molecule has 0 amide bonds. The van der Waals surface area contributed by atoms with Crippen LogP contribution in [-0.2, 0) is 12.6 Å². The number of nitrogens with zero attached hydrogens (tertiary/aromatic N) is 5. The molecule has 1 aromatic carbocycles. The molecule has 1 unspecified atom stereocenters. The van der Waals surface area contributed by atoms with Crippen LogP contribution in [0.25, 0.3) is 22.6 Å². The van der Waals surface area contributed by atoms with Crippen molar-refractivity contribution in [2.24, 2.45) is 5.92 Å². The Morgan fingerprint density at radius 3 is 2.58 bits per heavy atom. The van der Waals surface area contributed by atoms with E-state index in [1.807, 2.05) is 0 Å². The molecule has 172 valence electrons. The lowest BCUT2D eigenvalue weighted by molar-refractivity contribution is -0.137. The fourth-order valence-electron chi connectivity index (χ4n) is 4.46. The van der Waals surface area contributed by atoms with Crippen molar-refractivity contribution in [2.45, 2.75) is 51.2 Å². The van der Waals surface area contributed by atoms with Crippen molar-refractivity contribution < 1.29 is 17.6 Å². The maximum Gasteiger partial charge on any atom is 0.416 e. The number of hydrogen-bond donors (Lipinski definition) is 1. The Morgan fingerprint density at radius 2 is 1.94 bits per heavy atom.